The molecule has 0 spiro atoms. The summed E-state index contributed by atoms with van der Waals surface area (Å²) in [7, 11) is 0. The van der Waals surface area contributed by atoms with Crippen LogP contribution in [0.1, 0.15) is 20.6 Å². The Labute approximate surface area is 303 Å². The zero-order valence-corrected chi connectivity index (χ0v) is 25.2. The molecule has 0 saturated carbocycles. The topological polar surface area (TPSA) is 51.8 Å². The number of aromatic nitrogens is 3. The van der Waals surface area contributed by atoms with Crippen LogP contribution in [0, 0.1) is 0 Å². The van der Waals surface area contributed by atoms with Crippen molar-refractivity contribution >= 4 is 54.3 Å². The van der Waals surface area contributed by atoms with Crippen LogP contribution in [-0.4, -0.2) is 15.0 Å². The zero-order valence-electron chi connectivity index (χ0n) is 40.2. The summed E-state index contributed by atoms with van der Waals surface area (Å²) in [6.45, 7) is 0. The predicted octanol–water partition coefficient (Wildman–Crippen LogP) is 11.9. The number of furan rings is 1. The summed E-state index contributed by atoms with van der Waals surface area (Å²) in [5.74, 6) is 0.0683. The highest BCUT2D eigenvalue weighted by atomic mass is 16.3. The molecule has 0 saturated heterocycles. The lowest BCUT2D eigenvalue weighted by molar-refractivity contribution is 0.669. The maximum atomic E-state index is 9.61. The Bertz CT molecular complexity index is 3670. The molecule has 0 unspecified atom stereocenters. The van der Waals surface area contributed by atoms with E-state index in [0.29, 0.717) is 27.7 Å². The number of hydrogen-bond acceptors (Lipinski definition) is 4. The lowest BCUT2D eigenvalue weighted by Crippen LogP contribution is -2.00. The smallest absolute Gasteiger partial charge is 0.164 e. The number of rotatable bonds is 4. The fourth-order valence-electron chi connectivity index (χ4n) is 6.12. The monoisotopic (exact) mass is 640 g/mol. The average molecular weight is 641 g/mol. The van der Waals surface area contributed by atoms with Crippen molar-refractivity contribution in [3.05, 3.63) is 163 Å². The molecule has 0 aliphatic carbocycles. The van der Waals surface area contributed by atoms with Crippen LogP contribution < -0.4 is 0 Å². The van der Waals surface area contributed by atoms with Crippen LogP contribution in [0.2, 0.25) is 0 Å². The fourth-order valence-corrected chi connectivity index (χ4v) is 6.12. The Morgan fingerprint density at radius 3 is 1.67 bits per heavy atom. The van der Waals surface area contributed by atoms with Gasteiger partial charge in [0.05, 0.1) is 20.6 Å². The summed E-state index contributed by atoms with van der Waals surface area (Å²) in [6.07, 6.45) is 0. The van der Waals surface area contributed by atoms with Crippen LogP contribution in [0.4, 0.5) is 0 Å². The highest BCUT2D eigenvalue weighted by Crippen LogP contribution is 2.39. The molecule has 10 rings (SSSR count). The summed E-state index contributed by atoms with van der Waals surface area (Å²) in [4.78, 5) is 14.2. The molecule has 10 aromatic rings. The van der Waals surface area contributed by atoms with Gasteiger partial charge in [-0.15, -0.1) is 0 Å². The van der Waals surface area contributed by atoms with E-state index >= 15 is 0 Å². The van der Waals surface area contributed by atoms with Gasteiger partial charge in [-0.1, -0.05) is 145 Å². The van der Waals surface area contributed by atoms with Gasteiger partial charge in [0.15, 0.2) is 17.5 Å². The van der Waals surface area contributed by atoms with Gasteiger partial charge in [-0.25, -0.2) is 15.0 Å². The van der Waals surface area contributed by atoms with E-state index in [1.165, 1.54) is 0 Å². The van der Waals surface area contributed by atoms with Gasteiger partial charge in [-0.2, -0.15) is 0 Å². The highest BCUT2D eigenvalue weighted by molar-refractivity contribution is 6.25. The van der Waals surface area contributed by atoms with Gasteiger partial charge in [0.25, 0.3) is 0 Å². The summed E-state index contributed by atoms with van der Waals surface area (Å²) in [5.41, 5.74) is 0.785. The Morgan fingerprint density at radius 2 is 0.939 bits per heavy atom. The molecule has 0 fully saturated rings. The first-order chi connectivity index (χ1) is 30.5. The minimum absolute atomic E-state index is 0.138. The Kier molecular flexibility index (Phi) is 3.68. The van der Waals surface area contributed by atoms with Crippen LogP contribution in [-0.2, 0) is 0 Å². The van der Waals surface area contributed by atoms with E-state index in [4.69, 9.17) is 25.4 Å². The maximum Gasteiger partial charge on any atom is 0.164 e. The molecule has 0 N–H and O–H groups in total. The molecule has 228 valence electrons. The summed E-state index contributed by atoms with van der Waals surface area (Å²) in [6, 6.07) is 11.0. The molecule has 4 heteroatoms. The molecule has 0 radical (unpaired) electrons. The Balaban J connectivity index is 1.29. The van der Waals surface area contributed by atoms with E-state index in [-0.39, 0.29) is 50.0 Å². The first kappa shape index (κ1) is 16.4. The molecule has 0 atom stereocenters. The standard InChI is InChI=1S/C45H27N3O/c1-2-11-29(12-3-1)43-46-44(48-45(47-43)38-18-10-20-41-42(38)37-17-8-9-19-40(37)49-41)30-23-21-28(22-24-30)31-25-26-36-34-15-5-4-13-32(34)33-14-6-7-16-35(33)39(36)27-31/h1-27H/i4D,5D,6D,7D,13D,14D,15D,16D,21D,22D,23D,24D,25D,26D,27D. The quantitative estimate of drug-likeness (QED) is 0.180. The van der Waals surface area contributed by atoms with Crippen molar-refractivity contribution in [3.63, 3.8) is 0 Å². The molecule has 0 bridgehead atoms. The zero-order chi connectivity index (χ0) is 45.4. The average Bonchev–Trinajstić information content (AvgIpc) is 3.69. The highest BCUT2D eigenvalue weighted by Gasteiger charge is 2.18. The maximum absolute atomic E-state index is 9.61. The molecule has 0 aliphatic heterocycles. The third-order valence-corrected chi connectivity index (χ3v) is 8.35. The first-order valence-electron chi connectivity index (χ1n) is 22.7. The SMILES string of the molecule is [2H]c1c([2H])c(-c2c([2H])c([2H])c3c4c([2H])c([2H])c([2H])c([2H])c4c4c([2H])c([2H])c([2H])c([2H])c4c3c2[2H])c([2H])c([2H])c1-c1nc(-c2ccccc2)nc(-c2cccc3oc4ccccc4c23)n1. The minimum Gasteiger partial charge on any atom is -0.456 e. The molecule has 0 aliphatic rings. The van der Waals surface area contributed by atoms with Crippen molar-refractivity contribution in [2.24, 2.45) is 0 Å². The van der Waals surface area contributed by atoms with Crippen LogP contribution in [0.15, 0.2) is 168 Å². The van der Waals surface area contributed by atoms with Gasteiger partial charge >= 0.3 is 0 Å². The van der Waals surface area contributed by atoms with E-state index in [0.717, 1.165) is 5.39 Å². The molecule has 2 aromatic heterocycles. The summed E-state index contributed by atoms with van der Waals surface area (Å²) >= 11 is 0. The lowest BCUT2D eigenvalue weighted by atomic mass is 9.92. The van der Waals surface area contributed by atoms with Crippen molar-refractivity contribution in [3.8, 4) is 45.3 Å². The number of nitrogens with zero attached hydrogens (tertiary/aromatic N) is 3. The lowest BCUT2D eigenvalue weighted by Gasteiger charge is -2.12. The molecule has 49 heavy (non-hydrogen) atoms. The van der Waals surface area contributed by atoms with Gasteiger partial charge in [0, 0.05) is 27.5 Å². The van der Waals surface area contributed by atoms with Gasteiger partial charge in [0.1, 0.15) is 11.2 Å². The molecular weight excluding hydrogens is 599 g/mol. The van der Waals surface area contributed by atoms with Crippen molar-refractivity contribution in [2.75, 3.05) is 0 Å². The Hall–Kier alpha value is -6.65. The van der Waals surface area contributed by atoms with E-state index < -0.39 is 107 Å². The second-order valence-corrected chi connectivity index (χ2v) is 11.2. The normalized spacial score (nSPS) is 16.0. The predicted molar refractivity (Wildman–Crippen MR) is 201 cm³/mol. The van der Waals surface area contributed by atoms with E-state index in [1.54, 1.807) is 48.5 Å². The second-order valence-electron chi connectivity index (χ2n) is 11.2. The van der Waals surface area contributed by atoms with Crippen LogP contribution in [0.5, 0.6) is 0 Å². The first-order valence-corrected chi connectivity index (χ1v) is 15.2. The van der Waals surface area contributed by atoms with Crippen LogP contribution >= 0.6 is 0 Å². The van der Waals surface area contributed by atoms with Gasteiger partial charge < -0.3 is 4.42 Å². The molecule has 8 aromatic carbocycles. The largest absolute Gasteiger partial charge is 0.456 e. The number of benzene rings is 8. The Morgan fingerprint density at radius 1 is 0.388 bits per heavy atom. The molecular formula is C45H27N3O. The molecule has 2 heterocycles. The van der Waals surface area contributed by atoms with E-state index in [2.05, 4.69) is 4.98 Å². The van der Waals surface area contributed by atoms with E-state index in [1.807, 2.05) is 24.3 Å². The van der Waals surface area contributed by atoms with Gasteiger partial charge in [-0.3, -0.25) is 0 Å². The number of para-hydroxylation sites is 1. The summed E-state index contributed by atoms with van der Waals surface area (Å²) in [5, 5.41) is -0.725. The molecule has 0 amide bonds. The van der Waals surface area contributed by atoms with Crippen molar-refractivity contribution in [1.82, 2.24) is 15.0 Å². The van der Waals surface area contributed by atoms with Gasteiger partial charge in [0.2, 0.25) is 0 Å². The third kappa shape index (κ3) is 4.49. The second kappa shape index (κ2) is 11.0. The van der Waals surface area contributed by atoms with E-state index in [9.17, 15) is 9.60 Å². The van der Waals surface area contributed by atoms with Crippen LogP contribution in [0.25, 0.3) is 99.5 Å². The van der Waals surface area contributed by atoms with Gasteiger partial charge in [-0.05, 0) is 61.6 Å². The number of hydrogen-bond donors (Lipinski definition) is 0. The summed E-state index contributed by atoms with van der Waals surface area (Å²) < 4.78 is 141. The fraction of sp³-hybridized carbons (Fsp3) is 0. The van der Waals surface area contributed by atoms with Crippen molar-refractivity contribution < 1.29 is 25.0 Å². The number of fused-ring (bicyclic) bond motifs is 9. The van der Waals surface area contributed by atoms with Crippen LogP contribution in [0.3, 0.4) is 0 Å². The molecule has 4 nitrogen and oxygen atoms in total. The van der Waals surface area contributed by atoms with Crippen molar-refractivity contribution in [1.29, 1.82) is 0 Å². The van der Waals surface area contributed by atoms with Crippen molar-refractivity contribution in [2.45, 2.75) is 0 Å². The minimum atomic E-state index is -0.783. The third-order valence-electron chi connectivity index (χ3n) is 8.35.